The third-order valence-corrected chi connectivity index (χ3v) is 5.23. The molecule has 1 unspecified atom stereocenters. The predicted molar refractivity (Wildman–Crippen MR) is 121 cm³/mol. The van der Waals surface area contributed by atoms with E-state index in [9.17, 15) is 9.90 Å². The van der Waals surface area contributed by atoms with Crippen molar-refractivity contribution >= 4 is 0 Å². The van der Waals surface area contributed by atoms with E-state index in [1.807, 2.05) is 0 Å². The first-order valence-electron chi connectivity index (χ1n) is 10.5. The molecule has 6 heteroatoms. The van der Waals surface area contributed by atoms with Crippen LogP contribution in [0.4, 0.5) is 0 Å². The van der Waals surface area contributed by atoms with Crippen molar-refractivity contribution in [1.82, 2.24) is 9.55 Å². The summed E-state index contributed by atoms with van der Waals surface area (Å²) >= 11 is 0. The van der Waals surface area contributed by atoms with Gasteiger partial charge in [0.2, 0.25) is 0 Å². The van der Waals surface area contributed by atoms with Crippen LogP contribution < -0.4 is 15.0 Å². The Morgan fingerprint density at radius 1 is 1.06 bits per heavy atom. The summed E-state index contributed by atoms with van der Waals surface area (Å²) in [6.45, 7) is 6.11. The van der Waals surface area contributed by atoms with Crippen LogP contribution in [0.3, 0.4) is 0 Å². The van der Waals surface area contributed by atoms with Crippen LogP contribution in [0.15, 0.2) is 59.7 Å². The van der Waals surface area contributed by atoms with Gasteiger partial charge in [-0.15, -0.1) is 0 Å². The standard InChI is InChI=1S/C17H20N2O4.C8H10/c1-11-17(21)19(8-7-18-11)13-5-6-15(16(9-13)22-2)23-10-14(20)12-3-4-12;1-7-3-5-8(2)6-4-7/h5-9,12,14,20H,3-4,10H2,1-2H3;3-6H,1-2H3. The number of aryl methyl sites for hydroxylation is 3. The number of aromatic nitrogens is 2. The lowest BCUT2D eigenvalue weighted by molar-refractivity contribution is 0.0880. The topological polar surface area (TPSA) is 73.6 Å². The second kappa shape index (κ2) is 10.3. The average molecular weight is 423 g/mol. The van der Waals surface area contributed by atoms with Crippen LogP contribution in [0.5, 0.6) is 11.5 Å². The molecule has 0 bridgehead atoms. The third kappa shape index (κ3) is 6.18. The number of nitrogens with zero attached hydrogens (tertiary/aromatic N) is 2. The highest BCUT2D eigenvalue weighted by Crippen LogP contribution is 2.34. The molecule has 2 aromatic carbocycles. The highest BCUT2D eigenvalue weighted by molar-refractivity contribution is 5.49. The van der Waals surface area contributed by atoms with E-state index in [-0.39, 0.29) is 12.2 Å². The molecule has 1 aliphatic rings. The number of rotatable bonds is 6. The Labute approximate surface area is 183 Å². The van der Waals surface area contributed by atoms with E-state index in [1.165, 1.54) is 15.7 Å². The molecule has 6 nitrogen and oxygen atoms in total. The van der Waals surface area contributed by atoms with E-state index in [0.717, 1.165) is 12.8 Å². The smallest absolute Gasteiger partial charge is 0.276 e. The van der Waals surface area contributed by atoms with Gasteiger partial charge in [-0.1, -0.05) is 35.4 Å². The summed E-state index contributed by atoms with van der Waals surface area (Å²) < 4.78 is 12.5. The van der Waals surface area contributed by atoms with Gasteiger partial charge in [0.15, 0.2) is 11.5 Å². The van der Waals surface area contributed by atoms with Crippen LogP contribution in [-0.2, 0) is 0 Å². The van der Waals surface area contributed by atoms with Crippen molar-refractivity contribution in [3.8, 4) is 17.2 Å². The molecule has 0 spiro atoms. The lowest BCUT2D eigenvalue weighted by atomic mass is 10.2. The van der Waals surface area contributed by atoms with Gasteiger partial charge in [0.05, 0.1) is 18.9 Å². The SMILES string of the molecule is COc1cc(-n2ccnc(C)c2=O)ccc1OCC(O)C1CC1.Cc1ccc(C)cc1. The molecule has 0 amide bonds. The number of aliphatic hydroxyl groups is 1. The Morgan fingerprint density at radius 3 is 2.29 bits per heavy atom. The minimum absolute atomic E-state index is 0.174. The number of hydrogen-bond donors (Lipinski definition) is 1. The van der Waals surface area contributed by atoms with Gasteiger partial charge in [0.1, 0.15) is 12.3 Å². The molecule has 1 aliphatic carbocycles. The molecule has 1 saturated carbocycles. The van der Waals surface area contributed by atoms with Crippen molar-refractivity contribution in [3.63, 3.8) is 0 Å². The van der Waals surface area contributed by atoms with Crippen molar-refractivity contribution < 1.29 is 14.6 Å². The molecule has 3 aromatic rings. The van der Waals surface area contributed by atoms with Gasteiger partial charge in [0.25, 0.3) is 5.56 Å². The molecule has 0 radical (unpaired) electrons. The largest absolute Gasteiger partial charge is 0.493 e. The zero-order valence-electron chi connectivity index (χ0n) is 18.5. The fraction of sp³-hybridized carbons (Fsp3) is 0.360. The first-order chi connectivity index (χ1) is 14.9. The van der Waals surface area contributed by atoms with E-state index in [4.69, 9.17) is 9.47 Å². The first-order valence-corrected chi connectivity index (χ1v) is 10.5. The molecular weight excluding hydrogens is 392 g/mol. The Hall–Kier alpha value is -3.12. The van der Waals surface area contributed by atoms with Crippen molar-refractivity contribution in [3.05, 3.63) is 82.0 Å². The Morgan fingerprint density at radius 2 is 1.71 bits per heavy atom. The summed E-state index contributed by atoms with van der Waals surface area (Å²) in [5.41, 5.74) is 3.59. The summed E-state index contributed by atoms with van der Waals surface area (Å²) in [6.07, 6.45) is 4.88. The Bertz CT molecular complexity index is 1030. The van der Waals surface area contributed by atoms with E-state index >= 15 is 0 Å². The summed E-state index contributed by atoms with van der Waals surface area (Å²) in [7, 11) is 1.55. The molecule has 0 saturated heterocycles. The highest BCUT2D eigenvalue weighted by Gasteiger charge is 2.30. The molecule has 1 atom stereocenters. The number of ether oxygens (including phenoxy) is 2. The van der Waals surface area contributed by atoms with Gasteiger partial charge in [-0.05, 0) is 51.7 Å². The van der Waals surface area contributed by atoms with Crippen molar-refractivity contribution in [2.24, 2.45) is 5.92 Å². The lowest BCUT2D eigenvalue weighted by Crippen LogP contribution is -2.21. The average Bonchev–Trinajstić information content (AvgIpc) is 3.62. The van der Waals surface area contributed by atoms with Crippen LogP contribution in [0.1, 0.15) is 29.7 Å². The predicted octanol–water partition coefficient (Wildman–Crippen LogP) is 4.00. The van der Waals surface area contributed by atoms with Crippen molar-refractivity contribution in [2.45, 2.75) is 39.7 Å². The molecule has 1 fully saturated rings. The van der Waals surface area contributed by atoms with Gasteiger partial charge in [-0.2, -0.15) is 0 Å². The normalized spacial score (nSPS) is 13.7. The molecule has 31 heavy (non-hydrogen) atoms. The second-order valence-electron chi connectivity index (χ2n) is 7.89. The molecular formula is C25H30N2O4. The van der Waals surface area contributed by atoms with Crippen LogP contribution in [-0.4, -0.2) is 34.5 Å². The molecule has 1 heterocycles. The highest BCUT2D eigenvalue weighted by atomic mass is 16.5. The summed E-state index contributed by atoms with van der Waals surface area (Å²) in [5.74, 6) is 1.43. The maximum Gasteiger partial charge on any atom is 0.276 e. The molecule has 164 valence electrons. The van der Waals surface area contributed by atoms with Crippen LogP contribution in [0.25, 0.3) is 5.69 Å². The fourth-order valence-corrected chi connectivity index (χ4v) is 3.07. The van der Waals surface area contributed by atoms with E-state index in [2.05, 4.69) is 43.1 Å². The summed E-state index contributed by atoms with van der Waals surface area (Å²) in [5, 5.41) is 9.90. The van der Waals surface area contributed by atoms with Crippen molar-refractivity contribution in [2.75, 3.05) is 13.7 Å². The van der Waals surface area contributed by atoms with Crippen LogP contribution in [0, 0.1) is 26.7 Å². The number of hydrogen-bond acceptors (Lipinski definition) is 5. The number of aliphatic hydroxyl groups excluding tert-OH is 1. The maximum absolute atomic E-state index is 12.1. The van der Waals surface area contributed by atoms with Crippen LogP contribution in [0.2, 0.25) is 0 Å². The van der Waals surface area contributed by atoms with Crippen LogP contribution >= 0.6 is 0 Å². The third-order valence-electron chi connectivity index (χ3n) is 5.23. The second-order valence-corrected chi connectivity index (χ2v) is 7.89. The Balaban J connectivity index is 0.000000287. The van der Waals surface area contributed by atoms with E-state index in [0.29, 0.717) is 28.8 Å². The molecule has 1 N–H and O–H groups in total. The van der Waals surface area contributed by atoms with Gasteiger partial charge < -0.3 is 14.6 Å². The van der Waals surface area contributed by atoms with Gasteiger partial charge >= 0.3 is 0 Å². The Kier molecular flexibility index (Phi) is 7.47. The minimum atomic E-state index is -0.440. The van der Waals surface area contributed by atoms with E-state index < -0.39 is 6.10 Å². The quantitative estimate of drug-likeness (QED) is 0.650. The zero-order chi connectivity index (χ0) is 22.4. The lowest BCUT2D eigenvalue weighted by Gasteiger charge is -2.15. The van der Waals surface area contributed by atoms with Gasteiger partial charge in [-0.3, -0.25) is 14.3 Å². The number of benzene rings is 2. The maximum atomic E-state index is 12.1. The molecule has 0 aliphatic heterocycles. The molecule has 4 rings (SSSR count). The first kappa shape index (κ1) is 22.6. The van der Waals surface area contributed by atoms with Gasteiger partial charge in [0, 0.05) is 18.5 Å². The monoisotopic (exact) mass is 422 g/mol. The molecule has 1 aromatic heterocycles. The van der Waals surface area contributed by atoms with E-state index in [1.54, 1.807) is 44.6 Å². The minimum Gasteiger partial charge on any atom is -0.493 e. The summed E-state index contributed by atoms with van der Waals surface area (Å²) in [6, 6.07) is 13.7. The van der Waals surface area contributed by atoms with Crippen molar-refractivity contribution in [1.29, 1.82) is 0 Å². The fourth-order valence-electron chi connectivity index (χ4n) is 3.07. The zero-order valence-corrected chi connectivity index (χ0v) is 18.5. The number of methoxy groups -OCH3 is 1. The summed E-state index contributed by atoms with van der Waals surface area (Å²) in [4.78, 5) is 16.1. The van der Waals surface area contributed by atoms with Gasteiger partial charge in [-0.25, -0.2) is 0 Å².